The van der Waals surface area contributed by atoms with Gasteiger partial charge in [0.2, 0.25) is 5.91 Å². The Labute approximate surface area is 149 Å². The summed E-state index contributed by atoms with van der Waals surface area (Å²) in [6.07, 6.45) is 5.90. The van der Waals surface area contributed by atoms with Crippen LogP contribution in [0.25, 0.3) is 0 Å². The molecule has 0 aliphatic heterocycles. The van der Waals surface area contributed by atoms with Crippen molar-refractivity contribution in [1.82, 2.24) is 15.6 Å². The van der Waals surface area contributed by atoms with Crippen LogP contribution in [-0.4, -0.2) is 28.6 Å². The van der Waals surface area contributed by atoms with Crippen molar-refractivity contribution in [2.24, 2.45) is 5.92 Å². The predicted molar refractivity (Wildman–Crippen MR) is 95.8 cm³/mol. The Morgan fingerprint density at radius 3 is 2.64 bits per heavy atom. The normalized spacial score (nSPS) is 21.1. The third kappa shape index (κ3) is 6.72. The molecule has 6 nitrogen and oxygen atoms in total. The fraction of sp³-hybridized carbons (Fsp3) is 0.632. The van der Waals surface area contributed by atoms with E-state index in [-0.39, 0.29) is 17.9 Å². The Bertz CT molecular complexity index is 569. The highest BCUT2D eigenvalue weighted by Gasteiger charge is 2.31. The number of hydrogen-bond donors (Lipinski definition) is 2. The molecule has 1 aliphatic rings. The monoisotopic (exact) mass is 347 g/mol. The fourth-order valence-corrected chi connectivity index (χ4v) is 3.06. The van der Waals surface area contributed by atoms with E-state index < -0.39 is 11.7 Å². The molecule has 1 aromatic heterocycles. The Hall–Kier alpha value is -2.11. The molecule has 2 N–H and O–H groups in total. The van der Waals surface area contributed by atoms with Crippen LogP contribution in [0.4, 0.5) is 4.79 Å². The zero-order valence-electron chi connectivity index (χ0n) is 15.4. The molecule has 138 valence electrons. The molecule has 0 saturated heterocycles. The summed E-state index contributed by atoms with van der Waals surface area (Å²) >= 11 is 0. The molecule has 0 spiro atoms. The lowest BCUT2D eigenvalue weighted by molar-refractivity contribution is -0.126. The molecule has 1 aromatic rings. The second-order valence-electron chi connectivity index (χ2n) is 7.54. The summed E-state index contributed by atoms with van der Waals surface area (Å²) in [7, 11) is 0. The quantitative estimate of drug-likeness (QED) is 0.820. The summed E-state index contributed by atoms with van der Waals surface area (Å²) in [6.45, 7) is 5.89. The maximum absolute atomic E-state index is 12.7. The van der Waals surface area contributed by atoms with E-state index >= 15 is 0 Å². The van der Waals surface area contributed by atoms with Gasteiger partial charge in [-0.15, -0.1) is 0 Å². The van der Waals surface area contributed by atoms with Gasteiger partial charge in [-0.05, 0) is 45.7 Å². The van der Waals surface area contributed by atoms with E-state index in [4.69, 9.17) is 4.74 Å². The molecule has 6 heteroatoms. The summed E-state index contributed by atoms with van der Waals surface area (Å²) in [6, 6.07) is 5.43. The number of hydrogen-bond acceptors (Lipinski definition) is 4. The molecular formula is C19H29N3O3. The molecule has 1 aliphatic carbocycles. The first kappa shape index (κ1) is 19.2. The van der Waals surface area contributed by atoms with Gasteiger partial charge in [0.15, 0.2) is 0 Å². The first-order valence-corrected chi connectivity index (χ1v) is 9.02. The third-order valence-electron chi connectivity index (χ3n) is 4.22. The van der Waals surface area contributed by atoms with Gasteiger partial charge in [-0.25, -0.2) is 4.79 Å². The summed E-state index contributed by atoms with van der Waals surface area (Å²) in [5.74, 6) is -0.271. The number of alkyl carbamates (subject to hydrolysis) is 1. The van der Waals surface area contributed by atoms with Crippen molar-refractivity contribution in [1.29, 1.82) is 0 Å². The average molecular weight is 347 g/mol. The van der Waals surface area contributed by atoms with Gasteiger partial charge in [0.05, 0.1) is 18.2 Å². The highest BCUT2D eigenvalue weighted by atomic mass is 16.6. The van der Waals surface area contributed by atoms with Crippen molar-refractivity contribution in [3.05, 3.63) is 30.1 Å². The Morgan fingerprint density at radius 1 is 1.20 bits per heavy atom. The van der Waals surface area contributed by atoms with E-state index in [2.05, 4.69) is 15.6 Å². The number of nitrogens with one attached hydrogen (secondary N) is 2. The van der Waals surface area contributed by atoms with Crippen LogP contribution < -0.4 is 10.6 Å². The molecule has 1 fully saturated rings. The van der Waals surface area contributed by atoms with Gasteiger partial charge in [-0.3, -0.25) is 9.78 Å². The molecule has 0 aromatic carbocycles. The topological polar surface area (TPSA) is 80.3 Å². The van der Waals surface area contributed by atoms with Gasteiger partial charge < -0.3 is 15.4 Å². The van der Waals surface area contributed by atoms with Crippen molar-refractivity contribution in [3.63, 3.8) is 0 Å². The number of amides is 2. The minimum absolute atomic E-state index is 0.0337. The zero-order valence-corrected chi connectivity index (χ0v) is 15.4. The molecule has 1 saturated carbocycles. The minimum atomic E-state index is -0.550. The number of rotatable bonds is 4. The second-order valence-corrected chi connectivity index (χ2v) is 7.54. The number of carbonyl (C=O) groups excluding carboxylic acids is 2. The Kier molecular flexibility index (Phi) is 6.79. The summed E-state index contributed by atoms with van der Waals surface area (Å²) in [5.41, 5.74) is 0.270. The predicted octanol–water partition coefficient (Wildman–Crippen LogP) is 3.17. The number of aromatic nitrogens is 1. The largest absolute Gasteiger partial charge is 0.444 e. The summed E-state index contributed by atoms with van der Waals surface area (Å²) in [5, 5.41) is 5.86. The van der Waals surface area contributed by atoms with Crippen LogP contribution in [0.15, 0.2) is 24.4 Å². The standard InChI is InChI=1S/C19H29N3O3/c1-19(2,3)25-18(24)22-16-11-6-4-5-10-15(16)17(23)21-13-14-9-7-8-12-20-14/h7-9,12,15-16H,4-6,10-11,13H2,1-3H3,(H,21,23)(H,22,24). The highest BCUT2D eigenvalue weighted by molar-refractivity contribution is 5.80. The van der Waals surface area contributed by atoms with Crippen molar-refractivity contribution in [3.8, 4) is 0 Å². The van der Waals surface area contributed by atoms with Crippen molar-refractivity contribution < 1.29 is 14.3 Å². The number of carbonyl (C=O) groups is 2. The molecule has 0 radical (unpaired) electrons. The summed E-state index contributed by atoms with van der Waals surface area (Å²) in [4.78, 5) is 29.0. The molecule has 2 amide bonds. The zero-order chi connectivity index (χ0) is 18.3. The van der Waals surface area contributed by atoms with Gasteiger partial charge in [-0.1, -0.05) is 25.3 Å². The van der Waals surface area contributed by atoms with Crippen LogP contribution in [0, 0.1) is 5.92 Å². The fourth-order valence-electron chi connectivity index (χ4n) is 3.06. The molecule has 2 rings (SSSR count). The van der Waals surface area contributed by atoms with Crippen LogP contribution >= 0.6 is 0 Å². The lowest BCUT2D eigenvalue weighted by Crippen LogP contribution is -2.47. The van der Waals surface area contributed by atoms with E-state index in [1.54, 1.807) is 6.20 Å². The van der Waals surface area contributed by atoms with Crippen molar-refractivity contribution in [2.75, 3.05) is 0 Å². The first-order valence-electron chi connectivity index (χ1n) is 9.02. The smallest absolute Gasteiger partial charge is 0.407 e. The van der Waals surface area contributed by atoms with Crippen LogP contribution in [0.1, 0.15) is 58.6 Å². The number of pyridine rings is 1. The maximum Gasteiger partial charge on any atom is 0.407 e. The number of ether oxygens (including phenoxy) is 1. The maximum atomic E-state index is 12.7. The van der Waals surface area contributed by atoms with E-state index in [9.17, 15) is 9.59 Å². The van der Waals surface area contributed by atoms with Crippen LogP contribution in [0.5, 0.6) is 0 Å². The van der Waals surface area contributed by atoms with E-state index in [1.165, 1.54) is 0 Å². The average Bonchev–Trinajstić information content (AvgIpc) is 2.77. The van der Waals surface area contributed by atoms with Gasteiger partial charge >= 0.3 is 6.09 Å². The van der Waals surface area contributed by atoms with E-state index in [0.717, 1.165) is 37.8 Å². The summed E-state index contributed by atoms with van der Waals surface area (Å²) < 4.78 is 5.35. The molecule has 2 unspecified atom stereocenters. The van der Waals surface area contributed by atoms with E-state index in [1.807, 2.05) is 39.0 Å². The highest BCUT2D eigenvalue weighted by Crippen LogP contribution is 2.24. The molecule has 2 atom stereocenters. The Morgan fingerprint density at radius 2 is 1.96 bits per heavy atom. The Balaban J connectivity index is 1.96. The lowest BCUT2D eigenvalue weighted by atomic mass is 9.94. The van der Waals surface area contributed by atoms with Crippen LogP contribution in [-0.2, 0) is 16.1 Å². The second kappa shape index (κ2) is 8.83. The minimum Gasteiger partial charge on any atom is -0.444 e. The molecule has 0 bridgehead atoms. The first-order chi connectivity index (χ1) is 11.8. The van der Waals surface area contributed by atoms with Gasteiger partial charge in [-0.2, -0.15) is 0 Å². The lowest BCUT2D eigenvalue weighted by Gasteiger charge is -2.27. The molecular weight excluding hydrogens is 318 g/mol. The molecule has 25 heavy (non-hydrogen) atoms. The number of nitrogens with zero attached hydrogens (tertiary/aromatic N) is 1. The van der Waals surface area contributed by atoms with Crippen molar-refractivity contribution >= 4 is 12.0 Å². The SMILES string of the molecule is CC(C)(C)OC(=O)NC1CCCCCC1C(=O)NCc1ccccn1. The van der Waals surface area contributed by atoms with Gasteiger partial charge in [0.1, 0.15) is 5.60 Å². The van der Waals surface area contributed by atoms with Crippen LogP contribution in [0.2, 0.25) is 0 Å². The van der Waals surface area contributed by atoms with Gasteiger partial charge in [0, 0.05) is 12.2 Å². The molecule has 1 heterocycles. The van der Waals surface area contributed by atoms with Gasteiger partial charge in [0.25, 0.3) is 0 Å². The van der Waals surface area contributed by atoms with E-state index in [0.29, 0.717) is 6.54 Å². The van der Waals surface area contributed by atoms with Crippen molar-refractivity contribution in [2.45, 2.75) is 71.1 Å². The van der Waals surface area contributed by atoms with Crippen LogP contribution in [0.3, 0.4) is 0 Å². The third-order valence-corrected chi connectivity index (χ3v) is 4.22.